The highest BCUT2D eigenvalue weighted by atomic mass is 35.5. The van der Waals surface area contributed by atoms with E-state index in [1.165, 1.54) is 0 Å². The summed E-state index contributed by atoms with van der Waals surface area (Å²) in [5.41, 5.74) is 0.944. The summed E-state index contributed by atoms with van der Waals surface area (Å²) in [4.78, 5) is 11.6. The van der Waals surface area contributed by atoms with E-state index in [-0.39, 0.29) is 11.6 Å². The molecule has 1 unspecified atom stereocenters. The zero-order valence-electron chi connectivity index (χ0n) is 10.7. The van der Waals surface area contributed by atoms with Crippen LogP contribution in [0.3, 0.4) is 0 Å². The fraction of sp³-hybridized carbons (Fsp3) is 0.462. The lowest BCUT2D eigenvalue weighted by molar-refractivity contribution is -0.153. The zero-order valence-corrected chi connectivity index (χ0v) is 11.5. The molecule has 0 aromatic heterocycles. The molecular formula is C13H15ClO5. The number of halogens is 1. The third kappa shape index (κ3) is 2.62. The molecule has 19 heavy (non-hydrogen) atoms. The molecule has 1 atom stereocenters. The van der Waals surface area contributed by atoms with Gasteiger partial charge in [-0.05, 0) is 25.5 Å². The Labute approximate surface area is 116 Å². The first-order chi connectivity index (χ1) is 9.06. The highest BCUT2D eigenvalue weighted by Crippen LogP contribution is 2.43. The summed E-state index contributed by atoms with van der Waals surface area (Å²) in [6, 6.07) is 1.69. The number of aliphatic hydroxyl groups is 1. The van der Waals surface area contributed by atoms with Gasteiger partial charge in [-0.1, -0.05) is 11.6 Å². The molecule has 1 N–H and O–H groups in total. The Morgan fingerprint density at radius 1 is 1.53 bits per heavy atom. The molecular weight excluding hydrogens is 272 g/mol. The number of carbonyl (C=O) groups is 1. The van der Waals surface area contributed by atoms with Crippen LogP contribution >= 0.6 is 11.6 Å². The molecule has 0 fully saturated rings. The highest BCUT2D eigenvalue weighted by Gasteiger charge is 2.28. The van der Waals surface area contributed by atoms with Crippen molar-refractivity contribution in [1.29, 1.82) is 0 Å². The number of ether oxygens (including phenoxy) is 3. The second-order valence-corrected chi connectivity index (χ2v) is 4.48. The van der Waals surface area contributed by atoms with Gasteiger partial charge in [0.1, 0.15) is 13.2 Å². The lowest BCUT2D eigenvalue weighted by Crippen LogP contribution is -2.20. The van der Waals surface area contributed by atoms with Crippen molar-refractivity contribution in [1.82, 2.24) is 0 Å². The van der Waals surface area contributed by atoms with Crippen LogP contribution in [-0.4, -0.2) is 30.9 Å². The maximum atomic E-state index is 11.6. The molecule has 0 aliphatic carbocycles. The quantitative estimate of drug-likeness (QED) is 0.861. The normalized spacial score (nSPS) is 14.9. The van der Waals surface area contributed by atoms with Crippen molar-refractivity contribution in [3.8, 4) is 11.5 Å². The van der Waals surface area contributed by atoms with Gasteiger partial charge in [-0.25, -0.2) is 4.79 Å². The number of aliphatic hydroxyl groups excluding tert-OH is 1. The lowest BCUT2D eigenvalue weighted by Gasteiger charge is -2.23. The van der Waals surface area contributed by atoms with Crippen LogP contribution in [0.2, 0.25) is 5.02 Å². The Morgan fingerprint density at radius 2 is 2.21 bits per heavy atom. The van der Waals surface area contributed by atoms with E-state index in [0.717, 1.165) is 0 Å². The molecule has 0 saturated carbocycles. The summed E-state index contributed by atoms with van der Waals surface area (Å²) >= 11 is 6.20. The molecule has 1 heterocycles. The van der Waals surface area contributed by atoms with Crippen LogP contribution in [0.15, 0.2) is 6.07 Å². The van der Waals surface area contributed by atoms with Crippen molar-refractivity contribution in [3.05, 3.63) is 22.2 Å². The largest absolute Gasteiger partial charge is 0.486 e. The second-order valence-electron chi connectivity index (χ2n) is 4.10. The van der Waals surface area contributed by atoms with Crippen LogP contribution in [0.4, 0.5) is 0 Å². The number of fused-ring (bicyclic) bond motifs is 1. The fourth-order valence-corrected chi connectivity index (χ4v) is 2.36. The molecule has 1 aliphatic heterocycles. The molecule has 5 nitrogen and oxygen atoms in total. The molecule has 1 aliphatic rings. The molecule has 0 spiro atoms. The van der Waals surface area contributed by atoms with E-state index >= 15 is 0 Å². The van der Waals surface area contributed by atoms with E-state index in [9.17, 15) is 9.90 Å². The maximum Gasteiger partial charge on any atom is 0.339 e. The van der Waals surface area contributed by atoms with E-state index in [1.807, 2.05) is 0 Å². The summed E-state index contributed by atoms with van der Waals surface area (Å²) in [6.45, 7) is 4.43. The van der Waals surface area contributed by atoms with E-state index in [0.29, 0.717) is 35.8 Å². The topological polar surface area (TPSA) is 65.0 Å². The standard InChI is InChI=1S/C13H15ClO5/c1-3-17-13(16)11(15)9-7(2)6-8-12(10(9)14)19-5-4-18-8/h6,11,15H,3-5H2,1-2H3. The third-order valence-corrected chi connectivity index (χ3v) is 3.18. The monoisotopic (exact) mass is 286 g/mol. The van der Waals surface area contributed by atoms with Gasteiger partial charge in [0, 0.05) is 5.56 Å². The molecule has 1 aromatic carbocycles. The van der Waals surface area contributed by atoms with Gasteiger partial charge in [0.2, 0.25) is 0 Å². The highest BCUT2D eigenvalue weighted by molar-refractivity contribution is 6.33. The zero-order chi connectivity index (χ0) is 14.0. The van der Waals surface area contributed by atoms with Crippen molar-refractivity contribution >= 4 is 17.6 Å². The Morgan fingerprint density at radius 3 is 2.89 bits per heavy atom. The Bertz CT molecular complexity index is 500. The predicted octanol–water partition coefficient (Wildman–Crippen LogP) is 2.02. The first kappa shape index (κ1) is 14.0. The fourth-order valence-electron chi connectivity index (χ4n) is 1.96. The van der Waals surface area contributed by atoms with Gasteiger partial charge >= 0.3 is 5.97 Å². The van der Waals surface area contributed by atoms with Crippen molar-refractivity contribution in [2.24, 2.45) is 0 Å². The van der Waals surface area contributed by atoms with E-state index in [4.69, 9.17) is 25.8 Å². The first-order valence-electron chi connectivity index (χ1n) is 5.99. The van der Waals surface area contributed by atoms with Gasteiger partial charge in [0.15, 0.2) is 17.6 Å². The summed E-state index contributed by atoms with van der Waals surface area (Å²) in [5.74, 6) is 0.148. The molecule has 0 radical (unpaired) electrons. The summed E-state index contributed by atoms with van der Waals surface area (Å²) in [6.07, 6.45) is -1.43. The van der Waals surface area contributed by atoms with E-state index in [1.54, 1.807) is 19.9 Å². The molecule has 104 valence electrons. The molecule has 0 bridgehead atoms. The number of carbonyl (C=O) groups excluding carboxylic acids is 1. The number of benzene rings is 1. The van der Waals surface area contributed by atoms with Gasteiger partial charge in [-0.15, -0.1) is 0 Å². The Kier molecular flexibility index (Phi) is 4.17. The molecule has 6 heteroatoms. The molecule has 2 rings (SSSR count). The van der Waals surface area contributed by atoms with Gasteiger partial charge in [0.25, 0.3) is 0 Å². The van der Waals surface area contributed by atoms with Crippen molar-refractivity contribution < 1.29 is 24.1 Å². The predicted molar refractivity (Wildman–Crippen MR) is 68.8 cm³/mol. The Balaban J connectivity index is 2.43. The second kappa shape index (κ2) is 5.67. The minimum absolute atomic E-state index is 0.190. The number of rotatable bonds is 3. The number of hydrogen-bond acceptors (Lipinski definition) is 5. The van der Waals surface area contributed by atoms with Crippen molar-refractivity contribution in [3.63, 3.8) is 0 Å². The lowest BCUT2D eigenvalue weighted by atomic mass is 10.0. The first-order valence-corrected chi connectivity index (χ1v) is 6.37. The molecule has 0 saturated heterocycles. The third-order valence-electron chi connectivity index (χ3n) is 2.80. The number of esters is 1. The average molecular weight is 287 g/mol. The van der Waals surface area contributed by atoms with Gasteiger partial charge in [-0.2, -0.15) is 0 Å². The van der Waals surface area contributed by atoms with Crippen molar-refractivity contribution in [2.75, 3.05) is 19.8 Å². The van der Waals surface area contributed by atoms with Gasteiger partial charge < -0.3 is 19.3 Å². The van der Waals surface area contributed by atoms with Crippen LogP contribution in [0.25, 0.3) is 0 Å². The van der Waals surface area contributed by atoms with Crippen LogP contribution in [0.1, 0.15) is 24.2 Å². The van der Waals surface area contributed by atoms with E-state index in [2.05, 4.69) is 0 Å². The van der Waals surface area contributed by atoms with Crippen LogP contribution in [0.5, 0.6) is 11.5 Å². The SMILES string of the molecule is CCOC(=O)C(O)c1c(C)cc2c(c1Cl)OCCO2. The van der Waals surface area contributed by atoms with Crippen LogP contribution in [0, 0.1) is 6.92 Å². The summed E-state index contributed by atoms with van der Waals surface area (Å²) < 4.78 is 15.6. The smallest absolute Gasteiger partial charge is 0.339 e. The number of aryl methyl sites for hydroxylation is 1. The number of hydrogen-bond donors (Lipinski definition) is 1. The van der Waals surface area contributed by atoms with Gasteiger partial charge in [-0.3, -0.25) is 0 Å². The average Bonchev–Trinajstić information content (AvgIpc) is 2.38. The van der Waals surface area contributed by atoms with Crippen LogP contribution < -0.4 is 9.47 Å². The molecule has 0 amide bonds. The molecule has 1 aromatic rings. The summed E-state index contributed by atoms with van der Waals surface area (Å²) in [5, 5.41) is 10.2. The summed E-state index contributed by atoms with van der Waals surface area (Å²) in [7, 11) is 0. The van der Waals surface area contributed by atoms with Gasteiger partial charge in [0.05, 0.1) is 11.6 Å². The minimum Gasteiger partial charge on any atom is -0.486 e. The van der Waals surface area contributed by atoms with E-state index < -0.39 is 12.1 Å². The maximum absolute atomic E-state index is 11.6. The minimum atomic E-state index is -1.43. The van der Waals surface area contributed by atoms with Crippen LogP contribution in [-0.2, 0) is 9.53 Å². The van der Waals surface area contributed by atoms with Crippen molar-refractivity contribution in [2.45, 2.75) is 20.0 Å². The Hall–Kier alpha value is -1.46.